The Hall–Kier alpha value is -2.41. The van der Waals surface area contributed by atoms with Gasteiger partial charge in [-0.2, -0.15) is 5.10 Å². The molecule has 0 bridgehead atoms. The monoisotopic (exact) mass is 343 g/mol. The normalized spacial score (nSPS) is 20.2. The first-order valence-corrected chi connectivity index (χ1v) is 8.70. The Kier molecular flexibility index (Phi) is 5.03. The Labute approximate surface area is 147 Å². The molecule has 7 nitrogen and oxygen atoms in total. The molecule has 134 valence electrons. The zero-order chi connectivity index (χ0) is 17.9. The largest absolute Gasteiger partial charge is 0.394 e. The number of pyridine rings is 1. The van der Waals surface area contributed by atoms with E-state index in [1.165, 1.54) is 0 Å². The lowest BCUT2D eigenvalue weighted by molar-refractivity contribution is 0.0728. The zero-order valence-corrected chi connectivity index (χ0v) is 14.7. The second kappa shape index (κ2) is 7.23. The van der Waals surface area contributed by atoms with E-state index in [0.717, 1.165) is 19.3 Å². The van der Waals surface area contributed by atoms with Crippen molar-refractivity contribution < 1.29 is 9.90 Å². The van der Waals surface area contributed by atoms with Crippen LogP contribution in [0.3, 0.4) is 0 Å². The van der Waals surface area contributed by atoms with E-state index in [0.29, 0.717) is 24.0 Å². The van der Waals surface area contributed by atoms with Crippen LogP contribution in [0.25, 0.3) is 5.82 Å². The number of nitrogens with one attached hydrogen (secondary N) is 1. The van der Waals surface area contributed by atoms with Gasteiger partial charge in [0.25, 0.3) is 0 Å². The third-order valence-electron chi connectivity index (χ3n) is 4.66. The van der Waals surface area contributed by atoms with Crippen molar-refractivity contribution in [2.75, 3.05) is 18.5 Å². The summed E-state index contributed by atoms with van der Waals surface area (Å²) in [4.78, 5) is 18.9. The summed E-state index contributed by atoms with van der Waals surface area (Å²) in [6, 6.07) is 5.26. The summed E-state index contributed by atoms with van der Waals surface area (Å²) in [7, 11) is 0. The molecule has 0 radical (unpaired) electrons. The first kappa shape index (κ1) is 17.4. The lowest BCUT2D eigenvalue weighted by Crippen LogP contribution is -2.52. The lowest BCUT2D eigenvalue weighted by atomic mass is 9.87. The van der Waals surface area contributed by atoms with Crippen LogP contribution in [-0.2, 0) is 0 Å². The van der Waals surface area contributed by atoms with Crippen LogP contribution in [0.1, 0.15) is 33.1 Å². The number of carbonyl (C=O) groups is 1. The van der Waals surface area contributed by atoms with Gasteiger partial charge in [0, 0.05) is 18.9 Å². The molecule has 2 aromatic heterocycles. The molecule has 0 aliphatic carbocycles. The van der Waals surface area contributed by atoms with Gasteiger partial charge in [-0.1, -0.05) is 13.8 Å². The Bertz CT molecular complexity index is 699. The number of urea groups is 1. The van der Waals surface area contributed by atoms with Gasteiger partial charge in [0.15, 0.2) is 5.82 Å². The molecule has 1 atom stereocenters. The Morgan fingerprint density at radius 3 is 2.88 bits per heavy atom. The topological polar surface area (TPSA) is 83.3 Å². The minimum Gasteiger partial charge on any atom is -0.394 e. The van der Waals surface area contributed by atoms with E-state index in [9.17, 15) is 9.90 Å². The number of carbonyl (C=O) groups excluding carboxylic acids is 1. The third kappa shape index (κ3) is 3.66. The van der Waals surface area contributed by atoms with Crippen LogP contribution in [0.15, 0.2) is 36.8 Å². The predicted octanol–water partition coefficient (Wildman–Crippen LogP) is 2.67. The summed E-state index contributed by atoms with van der Waals surface area (Å²) < 4.78 is 1.66. The molecular formula is C18H25N5O2. The minimum absolute atomic E-state index is 0.00487. The molecule has 0 saturated carbocycles. The summed E-state index contributed by atoms with van der Waals surface area (Å²) in [5.74, 6) is 1.10. The molecule has 1 fully saturated rings. The highest BCUT2D eigenvalue weighted by Crippen LogP contribution is 2.35. The number of amides is 2. The summed E-state index contributed by atoms with van der Waals surface area (Å²) in [6.07, 6.45) is 7.67. The number of aromatic nitrogens is 3. The van der Waals surface area contributed by atoms with Crippen molar-refractivity contribution in [3.63, 3.8) is 0 Å². The molecule has 1 aliphatic rings. The van der Waals surface area contributed by atoms with Crippen molar-refractivity contribution >= 4 is 11.7 Å². The number of aliphatic hydroxyl groups is 1. The van der Waals surface area contributed by atoms with Crippen LogP contribution in [0.4, 0.5) is 10.5 Å². The Morgan fingerprint density at radius 2 is 2.28 bits per heavy atom. The third-order valence-corrected chi connectivity index (χ3v) is 4.66. The highest BCUT2D eigenvalue weighted by Gasteiger charge is 2.43. The molecule has 0 spiro atoms. The van der Waals surface area contributed by atoms with E-state index in [1.807, 2.05) is 12.3 Å². The van der Waals surface area contributed by atoms with Crippen LogP contribution in [0, 0.1) is 5.92 Å². The summed E-state index contributed by atoms with van der Waals surface area (Å²) in [5.41, 5.74) is 0.171. The zero-order valence-electron chi connectivity index (χ0n) is 14.7. The molecule has 7 heteroatoms. The van der Waals surface area contributed by atoms with Gasteiger partial charge in [-0.05, 0) is 43.4 Å². The second-order valence-electron chi connectivity index (χ2n) is 7.02. The van der Waals surface area contributed by atoms with Crippen molar-refractivity contribution in [2.45, 2.75) is 38.6 Å². The van der Waals surface area contributed by atoms with Gasteiger partial charge in [0.05, 0.1) is 24.0 Å². The van der Waals surface area contributed by atoms with Crippen molar-refractivity contribution in [3.05, 3.63) is 36.8 Å². The number of hydrogen-bond acceptors (Lipinski definition) is 4. The molecule has 1 aliphatic heterocycles. The van der Waals surface area contributed by atoms with E-state index in [2.05, 4.69) is 29.2 Å². The smallest absolute Gasteiger partial charge is 0.322 e. The van der Waals surface area contributed by atoms with Crippen molar-refractivity contribution in [3.8, 4) is 5.82 Å². The van der Waals surface area contributed by atoms with E-state index in [4.69, 9.17) is 0 Å². The molecule has 3 heterocycles. The van der Waals surface area contributed by atoms with Gasteiger partial charge in [-0.25, -0.2) is 14.5 Å². The molecule has 2 aromatic rings. The highest BCUT2D eigenvalue weighted by molar-refractivity contribution is 5.90. The lowest BCUT2D eigenvalue weighted by Gasteiger charge is -2.38. The molecule has 1 saturated heterocycles. The number of rotatable bonds is 5. The fourth-order valence-corrected chi connectivity index (χ4v) is 3.65. The quantitative estimate of drug-likeness (QED) is 0.874. The highest BCUT2D eigenvalue weighted by atomic mass is 16.3. The average molecular weight is 343 g/mol. The fraction of sp³-hybridized carbons (Fsp3) is 0.500. The molecule has 3 rings (SSSR count). The fourth-order valence-electron chi connectivity index (χ4n) is 3.65. The Morgan fingerprint density at radius 1 is 1.44 bits per heavy atom. The van der Waals surface area contributed by atoms with Crippen LogP contribution < -0.4 is 5.32 Å². The molecular weight excluding hydrogens is 318 g/mol. The van der Waals surface area contributed by atoms with E-state index in [-0.39, 0.29) is 12.6 Å². The van der Waals surface area contributed by atoms with Crippen molar-refractivity contribution in [1.29, 1.82) is 0 Å². The van der Waals surface area contributed by atoms with Gasteiger partial charge >= 0.3 is 6.03 Å². The van der Waals surface area contributed by atoms with Gasteiger partial charge < -0.3 is 15.3 Å². The molecule has 25 heavy (non-hydrogen) atoms. The minimum atomic E-state index is -0.458. The summed E-state index contributed by atoms with van der Waals surface area (Å²) in [6.45, 7) is 4.89. The standard InChI is InChI=1S/C18H25N5O2/c1-14(2)11-18(13-24)7-3-9-22(18)17(25)21-15-5-6-16(19-12-15)23-10-4-8-20-23/h4-6,8,10,12,14,24H,3,7,9,11,13H2,1-2H3,(H,21,25)/t18-/m0/s1. The van der Waals surface area contributed by atoms with E-state index >= 15 is 0 Å². The first-order valence-electron chi connectivity index (χ1n) is 8.70. The number of nitrogens with zero attached hydrogens (tertiary/aromatic N) is 4. The molecule has 2 amide bonds. The number of likely N-dealkylation sites (tertiary alicyclic amines) is 1. The molecule has 2 N–H and O–H groups in total. The number of aliphatic hydroxyl groups excluding tert-OH is 1. The first-order chi connectivity index (χ1) is 12.0. The van der Waals surface area contributed by atoms with Crippen LogP contribution in [0.5, 0.6) is 0 Å². The maximum atomic E-state index is 12.7. The maximum Gasteiger partial charge on any atom is 0.322 e. The van der Waals surface area contributed by atoms with Crippen LogP contribution >= 0.6 is 0 Å². The second-order valence-corrected chi connectivity index (χ2v) is 7.02. The van der Waals surface area contributed by atoms with Gasteiger partial charge in [-0.15, -0.1) is 0 Å². The van der Waals surface area contributed by atoms with Gasteiger partial charge in [0.2, 0.25) is 0 Å². The van der Waals surface area contributed by atoms with Crippen molar-refractivity contribution in [1.82, 2.24) is 19.7 Å². The van der Waals surface area contributed by atoms with Crippen LogP contribution in [-0.4, -0.2) is 49.5 Å². The van der Waals surface area contributed by atoms with Crippen LogP contribution in [0.2, 0.25) is 0 Å². The van der Waals surface area contributed by atoms with Gasteiger partial charge in [0.1, 0.15) is 0 Å². The summed E-state index contributed by atoms with van der Waals surface area (Å²) in [5, 5.41) is 17.0. The number of hydrogen-bond donors (Lipinski definition) is 2. The van der Waals surface area contributed by atoms with Gasteiger partial charge in [-0.3, -0.25) is 0 Å². The van der Waals surface area contributed by atoms with Crippen molar-refractivity contribution in [2.24, 2.45) is 5.92 Å². The SMILES string of the molecule is CC(C)C[C@]1(CO)CCCN1C(=O)Nc1ccc(-n2cccn2)nc1. The molecule has 0 unspecified atom stereocenters. The molecule has 0 aromatic carbocycles. The Balaban J connectivity index is 1.71. The maximum absolute atomic E-state index is 12.7. The number of anilines is 1. The van der Waals surface area contributed by atoms with E-state index < -0.39 is 5.54 Å². The summed E-state index contributed by atoms with van der Waals surface area (Å²) >= 11 is 0. The average Bonchev–Trinajstić information content (AvgIpc) is 3.25. The van der Waals surface area contributed by atoms with E-state index in [1.54, 1.807) is 34.1 Å². The predicted molar refractivity (Wildman–Crippen MR) is 95.6 cm³/mol.